The maximum Gasteiger partial charge on any atom is 0.0993 e. The lowest BCUT2D eigenvalue weighted by Crippen LogP contribution is -2.09. The Hall–Kier alpha value is -1.31. The summed E-state index contributed by atoms with van der Waals surface area (Å²) in [7, 11) is 0. The molecule has 0 amide bonds. The van der Waals surface area contributed by atoms with E-state index in [0.29, 0.717) is 0 Å². The van der Waals surface area contributed by atoms with Crippen molar-refractivity contribution in [2.75, 3.05) is 0 Å². The van der Waals surface area contributed by atoms with Gasteiger partial charge in [-0.25, -0.2) is 4.98 Å². The first-order chi connectivity index (χ1) is 6.47. The Labute approximate surface area is 84.6 Å². The summed E-state index contributed by atoms with van der Waals surface area (Å²) in [6.07, 6.45) is 4.03. The summed E-state index contributed by atoms with van der Waals surface area (Å²) in [5.41, 5.74) is 3.85. The average Bonchev–Trinajstić information content (AvgIpc) is 2.45. The number of aryl methyl sites for hydroxylation is 1. The standard InChI is InChI=1S/C12H16N2/c1-9-5-11-6-10(12(2,3)4)7-14(11)8-13-9/h5-8H,1-4H3. The Balaban J connectivity index is 2.63. The van der Waals surface area contributed by atoms with E-state index >= 15 is 0 Å². The molecule has 2 aromatic rings. The molecular weight excluding hydrogens is 172 g/mol. The van der Waals surface area contributed by atoms with Gasteiger partial charge in [-0.2, -0.15) is 0 Å². The normalized spacial score (nSPS) is 12.3. The highest BCUT2D eigenvalue weighted by Gasteiger charge is 2.15. The van der Waals surface area contributed by atoms with Gasteiger partial charge in [0.2, 0.25) is 0 Å². The quantitative estimate of drug-likeness (QED) is 0.621. The zero-order chi connectivity index (χ0) is 10.3. The average molecular weight is 188 g/mol. The maximum absolute atomic E-state index is 4.27. The van der Waals surface area contributed by atoms with Crippen molar-refractivity contribution in [3.8, 4) is 0 Å². The second-order valence-corrected chi connectivity index (χ2v) is 4.84. The van der Waals surface area contributed by atoms with Gasteiger partial charge in [-0.05, 0) is 30.0 Å². The molecule has 0 saturated carbocycles. The highest BCUT2D eigenvalue weighted by Crippen LogP contribution is 2.24. The molecule has 2 rings (SSSR count). The van der Waals surface area contributed by atoms with E-state index in [9.17, 15) is 0 Å². The first-order valence-corrected chi connectivity index (χ1v) is 4.92. The molecule has 74 valence electrons. The molecule has 2 aromatic heterocycles. The Bertz CT molecular complexity index is 461. The molecule has 0 radical (unpaired) electrons. The summed E-state index contributed by atoms with van der Waals surface area (Å²) in [4.78, 5) is 4.27. The van der Waals surface area contributed by atoms with Gasteiger partial charge in [-0.1, -0.05) is 20.8 Å². The lowest BCUT2D eigenvalue weighted by molar-refractivity contribution is 0.590. The molecule has 0 saturated heterocycles. The van der Waals surface area contributed by atoms with Crippen molar-refractivity contribution in [1.29, 1.82) is 0 Å². The molecule has 0 fully saturated rings. The fourth-order valence-electron chi connectivity index (χ4n) is 1.53. The second kappa shape index (κ2) is 2.84. The fourth-order valence-corrected chi connectivity index (χ4v) is 1.53. The van der Waals surface area contributed by atoms with Gasteiger partial charge in [-0.15, -0.1) is 0 Å². The Morgan fingerprint density at radius 2 is 1.93 bits per heavy atom. The van der Waals surface area contributed by atoms with Gasteiger partial charge in [0.25, 0.3) is 0 Å². The number of rotatable bonds is 0. The molecule has 2 nitrogen and oxygen atoms in total. The van der Waals surface area contributed by atoms with E-state index in [0.717, 1.165) is 5.69 Å². The van der Waals surface area contributed by atoms with Crippen molar-refractivity contribution in [3.63, 3.8) is 0 Å². The predicted octanol–water partition coefficient (Wildman–Crippen LogP) is 2.94. The van der Waals surface area contributed by atoms with E-state index in [4.69, 9.17) is 0 Å². The molecule has 0 aliphatic carbocycles. The molecule has 0 atom stereocenters. The van der Waals surface area contributed by atoms with E-state index in [1.807, 2.05) is 13.3 Å². The second-order valence-electron chi connectivity index (χ2n) is 4.84. The minimum Gasteiger partial charge on any atom is -0.307 e. The van der Waals surface area contributed by atoms with Gasteiger partial charge >= 0.3 is 0 Å². The number of aromatic nitrogens is 2. The number of hydrogen-bond donors (Lipinski definition) is 0. The summed E-state index contributed by atoms with van der Waals surface area (Å²) in [6, 6.07) is 4.34. The first kappa shape index (κ1) is 9.25. The first-order valence-electron chi connectivity index (χ1n) is 4.92. The monoisotopic (exact) mass is 188 g/mol. The molecule has 0 aliphatic heterocycles. The molecule has 2 heteroatoms. The Morgan fingerprint density at radius 3 is 2.57 bits per heavy atom. The van der Waals surface area contributed by atoms with Crippen LogP contribution in [-0.4, -0.2) is 9.38 Å². The molecule has 0 N–H and O–H groups in total. The molecule has 14 heavy (non-hydrogen) atoms. The van der Waals surface area contributed by atoms with Crippen molar-refractivity contribution in [3.05, 3.63) is 35.9 Å². The van der Waals surface area contributed by atoms with Crippen molar-refractivity contribution < 1.29 is 0 Å². The van der Waals surface area contributed by atoms with Crippen molar-refractivity contribution in [2.45, 2.75) is 33.1 Å². The minimum absolute atomic E-state index is 0.208. The van der Waals surface area contributed by atoms with Crippen LogP contribution in [0.3, 0.4) is 0 Å². The zero-order valence-electron chi connectivity index (χ0n) is 9.20. The van der Waals surface area contributed by atoms with Crippen molar-refractivity contribution in [1.82, 2.24) is 9.38 Å². The maximum atomic E-state index is 4.27. The highest BCUT2D eigenvalue weighted by molar-refractivity contribution is 5.52. The SMILES string of the molecule is Cc1cc2cc(C(C)(C)C)cn2cn1. The van der Waals surface area contributed by atoms with Crippen LogP contribution in [0, 0.1) is 6.92 Å². The molecular formula is C12H16N2. The van der Waals surface area contributed by atoms with Crippen LogP contribution in [0.4, 0.5) is 0 Å². The third-order valence-electron chi connectivity index (χ3n) is 2.49. The van der Waals surface area contributed by atoms with Crippen LogP contribution in [0.15, 0.2) is 24.7 Å². The van der Waals surface area contributed by atoms with Gasteiger partial charge in [0.1, 0.15) is 0 Å². The van der Waals surface area contributed by atoms with Crippen LogP contribution >= 0.6 is 0 Å². The third kappa shape index (κ3) is 1.52. The van der Waals surface area contributed by atoms with Gasteiger partial charge in [-0.3, -0.25) is 0 Å². The van der Waals surface area contributed by atoms with E-state index in [1.54, 1.807) is 0 Å². The Morgan fingerprint density at radius 1 is 1.21 bits per heavy atom. The highest BCUT2D eigenvalue weighted by atomic mass is 14.9. The van der Waals surface area contributed by atoms with Gasteiger partial charge < -0.3 is 4.40 Å². The smallest absolute Gasteiger partial charge is 0.0993 e. The van der Waals surface area contributed by atoms with E-state index in [1.165, 1.54) is 11.1 Å². The fraction of sp³-hybridized carbons (Fsp3) is 0.417. The van der Waals surface area contributed by atoms with E-state index in [2.05, 4.69) is 48.5 Å². The van der Waals surface area contributed by atoms with Crippen LogP contribution in [0.5, 0.6) is 0 Å². The molecule has 0 spiro atoms. The summed E-state index contributed by atoms with van der Waals surface area (Å²) in [5.74, 6) is 0. The summed E-state index contributed by atoms with van der Waals surface area (Å²) in [5, 5.41) is 0. The van der Waals surface area contributed by atoms with Crippen LogP contribution in [-0.2, 0) is 5.41 Å². The summed E-state index contributed by atoms with van der Waals surface area (Å²) in [6.45, 7) is 8.69. The zero-order valence-corrected chi connectivity index (χ0v) is 9.20. The van der Waals surface area contributed by atoms with E-state index < -0.39 is 0 Å². The van der Waals surface area contributed by atoms with Crippen LogP contribution in [0.2, 0.25) is 0 Å². The lowest BCUT2D eigenvalue weighted by atomic mass is 9.89. The predicted molar refractivity (Wildman–Crippen MR) is 58.6 cm³/mol. The van der Waals surface area contributed by atoms with Crippen molar-refractivity contribution in [2.24, 2.45) is 0 Å². The van der Waals surface area contributed by atoms with Crippen molar-refractivity contribution >= 4 is 5.52 Å². The van der Waals surface area contributed by atoms with Gasteiger partial charge in [0.15, 0.2) is 0 Å². The lowest BCUT2D eigenvalue weighted by Gasteiger charge is -2.15. The van der Waals surface area contributed by atoms with Gasteiger partial charge in [0, 0.05) is 17.4 Å². The molecule has 0 aliphatic rings. The van der Waals surface area contributed by atoms with Crippen LogP contribution < -0.4 is 0 Å². The largest absolute Gasteiger partial charge is 0.307 e. The molecule has 0 aromatic carbocycles. The molecule has 0 bridgehead atoms. The summed E-state index contributed by atoms with van der Waals surface area (Å²) >= 11 is 0. The number of hydrogen-bond acceptors (Lipinski definition) is 1. The molecule has 2 heterocycles. The third-order valence-corrected chi connectivity index (χ3v) is 2.49. The number of fused-ring (bicyclic) bond motifs is 1. The van der Waals surface area contributed by atoms with Gasteiger partial charge in [0.05, 0.1) is 6.33 Å². The topological polar surface area (TPSA) is 17.3 Å². The van der Waals surface area contributed by atoms with Crippen LogP contribution in [0.1, 0.15) is 32.0 Å². The van der Waals surface area contributed by atoms with E-state index in [-0.39, 0.29) is 5.41 Å². The Kier molecular flexibility index (Phi) is 1.88. The summed E-state index contributed by atoms with van der Waals surface area (Å²) < 4.78 is 2.08. The number of nitrogens with zero attached hydrogens (tertiary/aromatic N) is 2. The minimum atomic E-state index is 0.208. The molecule has 0 unspecified atom stereocenters. The van der Waals surface area contributed by atoms with Crippen LogP contribution in [0.25, 0.3) is 5.52 Å².